The van der Waals surface area contributed by atoms with Crippen molar-refractivity contribution < 1.29 is 13.5 Å². The monoisotopic (exact) mass is 362 g/mol. The van der Waals surface area contributed by atoms with Gasteiger partial charge in [0, 0.05) is 26.3 Å². The Bertz CT molecular complexity index is 769. The van der Waals surface area contributed by atoms with Crippen LogP contribution in [0.3, 0.4) is 0 Å². The third-order valence-electron chi connectivity index (χ3n) is 4.03. The Morgan fingerprint density at radius 2 is 1.64 bits per heavy atom. The Balaban J connectivity index is 2.00. The number of aryl methyl sites for hydroxylation is 1. The molecule has 0 aliphatic rings. The minimum atomic E-state index is -3.63. The summed E-state index contributed by atoms with van der Waals surface area (Å²) in [6.07, 6.45) is 1.05. The molecule has 0 saturated heterocycles. The average Bonchev–Trinajstić information content (AvgIpc) is 2.60. The Labute approximate surface area is 150 Å². The molecule has 0 amide bonds. The van der Waals surface area contributed by atoms with E-state index in [1.807, 2.05) is 43.3 Å². The third kappa shape index (κ3) is 5.29. The molecule has 0 fully saturated rings. The molecule has 5 nitrogen and oxygen atoms in total. The molecular weight excluding hydrogens is 336 g/mol. The van der Waals surface area contributed by atoms with Gasteiger partial charge in [0.1, 0.15) is 0 Å². The molecule has 0 aliphatic heterocycles. The van der Waals surface area contributed by atoms with Gasteiger partial charge in [-0.25, -0.2) is 13.1 Å². The number of aliphatic hydroxyl groups excluding tert-OH is 1. The van der Waals surface area contributed by atoms with Crippen LogP contribution in [0.25, 0.3) is 0 Å². The number of hydrogen-bond donors (Lipinski definition) is 2. The summed E-state index contributed by atoms with van der Waals surface area (Å²) in [5, 5.41) is 10.2. The van der Waals surface area contributed by atoms with Crippen molar-refractivity contribution in [2.75, 3.05) is 25.5 Å². The van der Waals surface area contributed by atoms with Crippen LogP contribution in [0.15, 0.2) is 53.4 Å². The van der Waals surface area contributed by atoms with E-state index < -0.39 is 16.1 Å². The van der Waals surface area contributed by atoms with Crippen LogP contribution in [0.4, 0.5) is 5.69 Å². The maximum absolute atomic E-state index is 12.4. The molecule has 25 heavy (non-hydrogen) atoms. The van der Waals surface area contributed by atoms with Gasteiger partial charge in [0.05, 0.1) is 11.0 Å². The van der Waals surface area contributed by atoms with Gasteiger partial charge in [0.15, 0.2) is 0 Å². The molecule has 2 aromatic carbocycles. The molecule has 0 spiro atoms. The van der Waals surface area contributed by atoms with E-state index in [0.717, 1.165) is 24.1 Å². The number of benzene rings is 2. The quantitative estimate of drug-likeness (QED) is 0.758. The smallest absolute Gasteiger partial charge is 0.240 e. The first-order valence-electron chi connectivity index (χ1n) is 8.37. The van der Waals surface area contributed by atoms with E-state index in [9.17, 15) is 13.5 Å². The molecule has 1 unspecified atom stereocenters. The number of nitrogens with zero attached hydrogens (tertiary/aromatic N) is 1. The summed E-state index contributed by atoms with van der Waals surface area (Å²) >= 11 is 0. The zero-order valence-electron chi connectivity index (χ0n) is 14.9. The van der Waals surface area contributed by atoms with Crippen molar-refractivity contribution in [3.8, 4) is 0 Å². The van der Waals surface area contributed by atoms with Crippen molar-refractivity contribution in [2.24, 2.45) is 0 Å². The number of nitrogens with one attached hydrogen (secondary N) is 1. The molecule has 2 rings (SSSR count). The lowest BCUT2D eigenvalue weighted by molar-refractivity contribution is 0.182. The van der Waals surface area contributed by atoms with Crippen molar-refractivity contribution in [2.45, 2.75) is 30.8 Å². The van der Waals surface area contributed by atoms with E-state index >= 15 is 0 Å². The first-order valence-corrected chi connectivity index (χ1v) is 9.85. The second-order valence-corrected chi connectivity index (χ2v) is 8.01. The summed E-state index contributed by atoms with van der Waals surface area (Å²) in [4.78, 5) is 2.17. The molecule has 2 N–H and O–H groups in total. The van der Waals surface area contributed by atoms with E-state index in [1.54, 1.807) is 24.3 Å². The number of anilines is 1. The van der Waals surface area contributed by atoms with E-state index in [1.165, 1.54) is 0 Å². The van der Waals surface area contributed by atoms with Crippen LogP contribution in [-0.2, 0) is 16.4 Å². The van der Waals surface area contributed by atoms with Crippen molar-refractivity contribution >= 4 is 15.7 Å². The predicted octanol–water partition coefficient (Wildman–Crippen LogP) is 2.72. The van der Waals surface area contributed by atoms with Gasteiger partial charge < -0.3 is 10.0 Å². The molecule has 0 heterocycles. The van der Waals surface area contributed by atoms with Crippen LogP contribution in [0.2, 0.25) is 0 Å². The van der Waals surface area contributed by atoms with Gasteiger partial charge in [-0.1, -0.05) is 37.6 Å². The van der Waals surface area contributed by atoms with Gasteiger partial charge >= 0.3 is 0 Å². The minimum Gasteiger partial charge on any atom is -0.387 e. The average molecular weight is 362 g/mol. The molecule has 0 aliphatic carbocycles. The van der Waals surface area contributed by atoms with Crippen molar-refractivity contribution in [3.63, 3.8) is 0 Å². The maximum Gasteiger partial charge on any atom is 0.240 e. The topological polar surface area (TPSA) is 69.6 Å². The standard InChI is InChI=1S/C19H26N2O3S/c1-4-5-15-6-12-18(13-7-15)25(23,24)20-14-19(22)16-8-10-17(11-9-16)21(2)3/h6-13,19-20,22H,4-5,14H2,1-3H3. The fraction of sp³-hybridized carbons (Fsp3) is 0.368. The second-order valence-electron chi connectivity index (χ2n) is 6.25. The molecule has 1 atom stereocenters. The zero-order valence-corrected chi connectivity index (χ0v) is 15.8. The number of sulfonamides is 1. The van der Waals surface area contributed by atoms with Crippen LogP contribution in [-0.4, -0.2) is 34.2 Å². The second kappa shape index (κ2) is 8.47. The van der Waals surface area contributed by atoms with E-state index in [0.29, 0.717) is 5.56 Å². The summed E-state index contributed by atoms with van der Waals surface area (Å²) in [6.45, 7) is 2.01. The Kier molecular flexibility index (Phi) is 6.58. The Morgan fingerprint density at radius 1 is 1.04 bits per heavy atom. The van der Waals surface area contributed by atoms with Crippen LogP contribution in [0.5, 0.6) is 0 Å². The number of hydrogen-bond acceptors (Lipinski definition) is 4. The number of aliphatic hydroxyl groups is 1. The van der Waals surface area contributed by atoms with Gasteiger partial charge in [-0.2, -0.15) is 0 Å². The minimum absolute atomic E-state index is 0.0691. The lowest BCUT2D eigenvalue weighted by atomic mass is 10.1. The van der Waals surface area contributed by atoms with Gasteiger partial charge in [-0.05, 0) is 41.8 Å². The van der Waals surface area contributed by atoms with Crippen LogP contribution in [0.1, 0.15) is 30.6 Å². The Hall–Kier alpha value is -1.89. The van der Waals surface area contributed by atoms with Gasteiger partial charge in [-0.3, -0.25) is 0 Å². The normalized spacial score (nSPS) is 12.8. The largest absolute Gasteiger partial charge is 0.387 e. The van der Waals surface area contributed by atoms with Gasteiger partial charge in [0.25, 0.3) is 0 Å². The molecule has 136 valence electrons. The molecule has 0 aromatic heterocycles. The highest BCUT2D eigenvalue weighted by molar-refractivity contribution is 7.89. The third-order valence-corrected chi connectivity index (χ3v) is 5.47. The SMILES string of the molecule is CCCc1ccc(S(=O)(=O)NCC(O)c2ccc(N(C)C)cc2)cc1. The highest BCUT2D eigenvalue weighted by atomic mass is 32.2. The fourth-order valence-electron chi connectivity index (χ4n) is 2.51. The van der Waals surface area contributed by atoms with Crippen LogP contribution < -0.4 is 9.62 Å². The highest BCUT2D eigenvalue weighted by Crippen LogP contribution is 2.18. The molecule has 6 heteroatoms. The predicted molar refractivity (Wildman–Crippen MR) is 101 cm³/mol. The van der Waals surface area contributed by atoms with E-state index in [-0.39, 0.29) is 11.4 Å². The first kappa shape index (κ1) is 19.4. The lowest BCUT2D eigenvalue weighted by Gasteiger charge is -2.16. The van der Waals surface area contributed by atoms with Crippen LogP contribution in [0, 0.1) is 0 Å². The van der Waals surface area contributed by atoms with Crippen molar-refractivity contribution in [1.82, 2.24) is 4.72 Å². The summed E-state index contributed by atoms with van der Waals surface area (Å²) in [6, 6.07) is 14.2. The highest BCUT2D eigenvalue weighted by Gasteiger charge is 2.16. The summed E-state index contributed by atoms with van der Waals surface area (Å²) in [5.74, 6) is 0. The lowest BCUT2D eigenvalue weighted by Crippen LogP contribution is -2.28. The van der Waals surface area contributed by atoms with Crippen molar-refractivity contribution in [3.05, 3.63) is 59.7 Å². The van der Waals surface area contributed by atoms with E-state index in [4.69, 9.17) is 0 Å². The Morgan fingerprint density at radius 3 is 2.16 bits per heavy atom. The molecule has 2 aromatic rings. The molecule has 0 radical (unpaired) electrons. The fourth-order valence-corrected chi connectivity index (χ4v) is 3.55. The van der Waals surface area contributed by atoms with Gasteiger partial charge in [-0.15, -0.1) is 0 Å². The number of rotatable bonds is 8. The zero-order chi connectivity index (χ0) is 18.4. The maximum atomic E-state index is 12.4. The summed E-state index contributed by atoms with van der Waals surface area (Å²) in [7, 11) is 0.237. The molecule has 0 bridgehead atoms. The van der Waals surface area contributed by atoms with Crippen molar-refractivity contribution in [1.29, 1.82) is 0 Å². The van der Waals surface area contributed by atoms with Gasteiger partial charge in [0.2, 0.25) is 10.0 Å². The van der Waals surface area contributed by atoms with E-state index in [2.05, 4.69) is 11.6 Å². The van der Waals surface area contributed by atoms with Crippen LogP contribution >= 0.6 is 0 Å². The summed E-state index contributed by atoms with van der Waals surface area (Å²) in [5.41, 5.74) is 2.80. The first-order chi connectivity index (χ1) is 11.8. The summed E-state index contributed by atoms with van der Waals surface area (Å²) < 4.78 is 27.2. The molecular formula is C19H26N2O3S. The molecule has 0 saturated carbocycles.